The van der Waals surface area contributed by atoms with Gasteiger partial charge in [0.15, 0.2) is 0 Å². The number of nitrogens with one attached hydrogen (secondary N) is 1. The fourth-order valence-electron chi connectivity index (χ4n) is 2.10. The average molecular weight is 408 g/mol. The maximum Gasteiger partial charge on any atom is 0.227 e. The van der Waals surface area contributed by atoms with Gasteiger partial charge < -0.3 is 9.84 Å². The summed E-state index contributed by atoms with van der Waals surface area (Å²) < 4.78 is 32.4. The van der Waals surface area contributed by atoms with E-state index in [1.54, 1.807) is 0 Å². The van der Waals surface area contributed by atoms with Crippen molar-refractivity contribution >= 4 is 27.5 Å². The summed E-state index contributed by atoms with van der Waals surface area (Å²) in [4.78, 5) is 16.1. The third kappa shape index (κ3) is 4.48. The molecule has 1 heterocycles. The molecule has 3 aromatic rings. The summed E-state index contributed by atoms with van der Waals surface area (Å²) in [5.74, 6) is -1.25. The SMILES string of the molecule is O=C(CCc1nc(-c2ccc(Br)cc2)no1)Nc1ccc(F)cc1F. The van der Waals surface area contributed by atoms with Crippen molar-refractivity contribution in [1.29, 1.82) is 0 Å². The fourth-order valence-corrected chi connectivity index (χ4v) is 2.36. The van der Waals surface area contributed by atoms with Crippen molar-refractivity contribution in [1.82, 2.24) is 10.1 Å². The molecule has 1 aromatic heterocycles. The number of nitrogens with zero attached hydrogens (tertiary/aromatic N) is 2. The van der Waals surface area contributed by atoms with Crippen LogP contribution in [0, 0.1) is 11.6 Å². The number of carbonyl (C=O) groups is 1. The summed E-state index contributed by atoms with van der Waals surface area (Å²) in [6.45, 7) is 0. The second kappa shape index (κ2) is 7.52. The van der Waals surface area contributed by atoms with Gasteiger partial charge in [0.2, 0.25) is 17.6 Å². The van der Waals surface area contributed by atoms with Crippen LogP contribution in [0.25, 0.3) is 11.4 Å². The van der Waals surface area contributed by atoms with Crippen molar-refractivity contribution < 1.29 is 18.1 Å². The van der Waals surface area contributed by atoms with Crippen molar-refractivity contribution in [3.63, 3.8) is 0 Å². The molecular formula is C17H12BrF2N3O2. The molecule has 2 aromatic carbocycles. The van der Waals surface area contributed by atoms with E-state index < -0.39 is 17.5 Å². The Bertz CT molecular complexity index is 897. The van der Waals surface area contributed by atoms with Crippen LogP contribution in [0.5, 0.6) is 0 Å². The number of halogens is 3. The van der Waals surface area contributed by atoms with Gasteiger partial charge in [-0.25, -0.2) is 8.78 Å². The highest BCUT2D eigenvalue weighted by Gasteiger charge is 2.12. The molecule has 1 N–H and O–H groups in total. The van der Waals surface area contributed by atoms with E-state index in [1.807, 2.05) is 24.3 Å². The maximum absolute atomic E-state index is 13.5. The summed E-state index contributed by atoms with van der Waals surface area (Å²) in [6, 6.07) is 10.3. The molecule has 8 heteroatoms. The van der Waals surface area contributed by atoms with Gasteiger partial charge in [0.25, 0.3) is 0 Å². The van der Waals surface area contributed by atoms with Crippen molar-refractivity contribution in [2.24, 2.45) is 0 Å². The summed E-state index contributed by atoms with van der Waals surface area (Å²) in [6.07, 6.45) is 0.233. The van der Waals surface area contributed by atoms with Crippen LogP contribution in [-0.2, 0) is 11.2 Å². The highest BCUT2D eigenvalue weighted by molar-refractivity contribution is 9.10. The monoisotopic (exact) mass is 407 g/mol. The Balaban J connectivity index is 1.58. The average Bonchev–Trinajstić information content (AvgIpc) is 3.05. The standard InChI is InChI=1S/C17H12BrF2N3O2/c18-11-3-1-10(2-4-11)17-22-16(25-23-17)8-7-15(24)21-14-6-5-12(19)9-13(14)20/h1-6,9H,7-8H2,(H,21,24). The fraction of sp³-hybridized carbons (Fsp3) is 0.118. The van der Waals surface area contributed by atoms with Gasteiger partial charge >= 0.3 is 0 Å². The second-order valence-corrected chi connectivity index (χ2v) is 6.11. The first-order valence-electron chi connectivity index (χ1n) is 7.35. The van der Waals surface area contributed by atoms with Crippen molar-refractivity contribution in [2.45, 2.75) is 12.8 Å². The molecule has 0 unspecified atom stereocenters. The van der Waals surface area contributed by atoms with Crippen LogP contribution in [0.15, 0.2) is 51.5 Å². The largest absolute Gasteiger partial charge is 0.339 e. The van der Waals surface area contributed by atoms with Gasteiger partial charge in [0.1, 0.15) is 11.6 Å². The minimum Gasteiger partial charge on any atom is -0.339 e. The normalized spacial score (nSPS) is 10.7. The molecule has 25 heavy (non-hydrogen) atoms. The molecule has 0 aliphatic heterocycles. The number of amides is 1. The molecule has 1 amide bonds. The lowest BCUT2D eigenvalue weighted by Gasteiger charge is -2.05. The van der Waals surface area contributed by atoms with E-state index in [-0.39, 0.29) is 18.5 Å². The molecule has 0 saturated heterocycles. The first-order chi connectivity index (χ1) is 12.0. The first-order valence-corrected chi connectivity index (χ1v) is 8.14. The smallest absolute Gasteiger partial charge is 0.227 e. The lowest BCUT2D eigenvalue weighted by atomic mass is 10.2. The van der Waals surface area contributed by atoms with Gasteiger partial charge in [-0.2, -0.15) is 4.98 Å². The number of anilines is 1. The molecule has 0 aliphatic rings. The van der Waals surface area contributed by atoms with Gasteiger partial charge in [0, 0.05) is 28.9 Å². The third-order valence-corrected chi connectivity index (χ3v) is 3.87. The first kappa shape index (κ1) is 17.2. The van der Waals surface area contributed by atoms with Crippen LogP contribution in [0.2, 0.25) is 0 Å². The Morgan fingerprint density at radius 1 is 1.16 bits per heavy atom. The second-order valence-electron chi connectivity index (χ2n) is 5.19. The Kier molecular flexibility index (Phi) is 5.18. The molecule has 0 spiro atoms. The number of aryl methyl sites for hydroxylation is 1. The predicted molar refractivity (Wildman–Crippen MR) is 90.7 cm³/mol. The van der Waals surface area contributed by atoms with E-state index in [1.165, 1.54) is 6.07 Å². The molecule has 128 valence electrons. The number of carbonyl (C=O) groups excluding carboxylic acids is 1. The minimum atomic E-state index is -0.830. The zero-order chi connectivity index (χ0) is 17.8. The van der Waals surface area contributed by atoms with Gasteiger partial charge in [-0.3, -0.25) is 4.79 Å². The molecule has 0 atom stereocenters. The summed E-state index contributed by atoms with van der Waals surface area (Å²) in [7, 11) is 0. The Morgan fingerprint density at radius 2 is 1.92 bits per heavy atom. The molecule has 0 radical (unpaired) electrons. The van der Waals surface area contributed by atoms with Gasteiger partial charge in [-0.1, -0.05) is 21.1 Å². The molecule has 3 rings (SSSR count). The Morgan fingerprint density at radius 3 is 2.64 bits per heavy atom. The van der Waals surface area contributed by atoms with Crippen LogP contribution in [-0.4, -0.2) is 16.0 Å². The van der Waals surface area contributed by atoms with E-state index >= 15 is 0 Å². The van der Waals surface area contributed by atoms with Crippen LogP contribution in [0.3, 0.4) is 0 Å². The van der Waals surface area contributed by atoms with Crippen molar-refractivity contribution in [3.8, 4) is 11.4 Å². The number of benzene rings is 2. The molecule has 0 bridgehead atoms. The number of hydrogen-bond acceptors (Lipinski definition) is 4. The van der Waals surface area contributed by atoms with E-state index in [2.05, 4.69) is 31.4 Å². The molecule has 0 saturated carbocycles. The zero-order valence-electron chi connectivity index (χ0n) is 12.8. The van der Waals surface area contributed by atoms with Crippen LogP contribution in [0.4, 0.5) is 14.5 Å². The van der Waals surface area contributed by atoms with Gasteiger partial charge in [-0.05, 0) is 36.4 Å². The third-order valence-electron chi connectivity index (χ3n) is 3.34. The van der Waals surface area contributed by atoms with Crippen molar-refractivity contribution in [2.75, 3.05) is 5.32 Å². The van der Waals surface area contributed by atoms with E-state index in [9.17, 15) is 13.6 Å². The van der Waals surface area contributed by atoms with Gasteiger partial charge in [-0.15, -0.1) is 0 Å². The van der Waals surface area contributed by atoms with Crippen LogP contribution in [0.1, 0.15) is 12.3 Å². The molecule has 5 nitrogen and oxygen atoms in total. The highest BCUT2D eigenvalue weighted by atomic mass is 79.9. The van der Waals surface area contributed by atoms with Gasteiger partial charge in [0.05, 0.1) is 5.69 Å². The summed E-state index contributed by atoms with van der Waals surface area (Å²) in [5, 5.41) is 6.24. The predicted octanol–water partition coefficient (Wildman–Crippen LogP) is 4.35. The lowest BCUT2D eigenvalue weighted by molar-refractivity contribution is -0.116. The minimum absolute atomic E-state index is 0.0266. The Labute approximate surface area is 150 Å². The van der Waals surface area contributed by atoms with E-state index in [4.69, 9.17) is 4.52 Å². The number of hydrogen-bond donors (Lipinski definition) is 1. The van der Waals surface area contributed by atoms with Crippen LogP contribution < -0.4 is 5.32 Å². The number of aromatic nitrogens is 2. The Hall–Kier alpha value is -2.61. The molecular weight excluding hydrogens is 396 g/mol. The zero-order valence-corrected chi connectivity index (χ0v) is 14.4. The quantitative estimate of drug-likeness (QED) is 0.682. The summed E-state index contributed by atoms with van der Waals surface area (Å²) in [5.41, 5.74) is 0.712. The molecule has 0 aliphatic carbocycles. The van der Waals surface area contributed by atoms with Crippen LogP contribution >= 0.6 is 15.9 Å². The lowest BCUT2D eigenvalue weighted by Crippen LogP contribution is -2.13. The maximum atomic E-state index is 13.5. The topological polar surface area (TPSA) is 68.0 Å². The highest BCUT2D eigenvalue weighted by Crippen LogP contribution is 2.19. The van der Waals surface area contributed by atoms with E-state index in [0.717, 1.165) is 16.1 Å². The molecule has 0 fully saturated rings. The van der Waals surface area contributed by atoms with Crippen molar-refractivity contribution in [3.05, 3.63) is 64.5 Å². The number of rotatable bonds is 5. The summed E-state index contributed by atoms with van der Waals surface area (Å²) >= 11 is 3.34. The van der Waals surface area contributed by atoms with E-state index in [0.29, 0.717) is 17.8 Å².